The SMILES string of the molecule is COCc1nc2c(Cl)cccn2c1C(=O)O. The average molecular weight is 241 g/mol. The lowest BCUT2D eigenvalue weighted by molar-refractivity contribution is 0.0683. The number of carboxylic acids is 1. The van der Waals surface area contributed by atoms with Gasteiger partial charge in [-0.2, -0.15) is 0 Å². The number of halogens is 1. The van der Waals surface area contributed by atoms with Crippen LogP contribution in [0.2, 0.25) is 5.02 Å². The van der Waals surface area contributed by atoms with Gasteiger partial charge in [0.25, 0.3) is 0 Å². The molecule has 0 radical (unpaired) electrons. The summed E-state index contributed by atoms with van der Waals surface area (Å²) in [6.07, 6.45) is 1.61. The number of carboxylic acid groups (broad SMARTS) is 1. The van der Waals surface area contributed by atoms with E-state index in [1.807, 2.05) is 0 Å². The predicted octanol–water partition coefficient (Wildman–Crippen LogP) is 1.83. The Bertz CT molecular complexity index is 550. The average Bonchev–Trinajstić information content (AvgIpc) is 2.58. The molecular weight excluding hydrogens is 232 g/mol. The summed E-state index contributed by atoms with van der Waals surface area (Å²) in [5, 5.41) is 9.52. The summed E-state index contributed by atoms with van der Waals surface area (Å²) in [5.74, 6) is -1.05. The number of hydrogen-bond acceptors (Lipinski definition) is 3. The van der Waals surface area contributed by atoms with Crippen molar-refractivity contribution in [3.63, 3.8) is 0 Å². The summed E-state index contributed by atoms with van der Waals surface area (Å²) in [6, 6.07) is 3.33. The van der Waals surface area contributed by atoms with Gasteiger partial charge in [-0.15, -0.1) is 0 Å². The fraction of sp³-hybridized carbons (Fsp3) is 0.200. The van der Waals surface area contributed by atoms with Crippen LogP contribution in [0.4, 0.5) is 0 Å². The summed E-state index contributed by atoms with van der Waals surface area (Å²) in [5.41, 5.74) is 0.871. The van der Waals surface area contributed by atoms with Gasteiger partial charge < -0.3 is 9.84 Å². The maximum atomic E-state index is 11.1. The van der Waals surface area contributed by atoms with Crippen LogP contribution in [0.15, 0.2) is 18.3 Å². The number of aromatic nitrogens is 2. The van der Waals surface area contributed by atoms with Gasteiger partial charge in [0.1, 0.15) is 5.69 Å². The normalized spacial score (nSPS) is 10.9. The zero-order chi connectivity index (χ0) is 11.7. The van der Waals surface area contributed by atoms with Crippen molar-refractivity contribution in [2.75, 3.05) is 7.11 Å². The summed E-state index contributed by atoms with van der Waals surface area (Å²) < 4.78 is 6.35. The van der Waals surface area contributed by atoms with E-state index in [0.717, 1.165) is 0 Å². The minimum absolute atomic E-state index is 0.0827. The Morgan fingerprint density at radius 3 is 3.06 bits per heavy atom. The van der Waals surface area contributed by atoms with E-state index < -0.39 is 5.97 Å². The van der Waals surface area contributed by atoms with Crippen molar-refractivity contribution >= 4 is 23.2 Å². The van der Waals surface area contributed by atoms with Gasteiger partial charge in [-0.3, -0.25) is 4.40 Å². The molecule has 1 N–H and O–H groups in total. The van der Waals surface area contributed by atoms with E-state index in [9.17, 15) is 4.79 Å². The second kappa shape index (κ2) is 4.11. The van der Waals surface area contributed by atoms with E-state index in [1.165, 1.54) is 11.5 Å². The van der Waals surface area contributed by atoms with Crippen LogP contribution in [0.1, 0.15) is 16.2 Å². The van der Waals surface area contributed by atoms with Gasteiger partial charge in [-0.05, 0) is 12.1 Å². The van der Waals surface area contributed by atoms with Gasteiger partial charge >= 0.3 is 5.97 Å². The van der Waals surface area contributed by atoms with Gasteiger partial charge in [0.05, 0.1) is 11.6 Å². The van der Waals surface area contributed by atoms with Gasteiger partial charge in [0.15, 0.2) is 11.3 Å². The number of imidazole rings is 1. The number of carbonyl (C=O) groups is 1. The molecule has 2 rings (SSSR count). The molecule has 16 heavy (non-hydrogen) atoms. The highest BCUT2D eigenvalue weighted by Gasteiger charge is 2.19. The quantitative estimate of drug-likeness (QED) is 0.889. The van der Waals surface area contributed by atoms with Crippen LogP contribution in [0.3, 0.4) is 0 Å². The molecule has 2 aromatic heterocycles. The zero-order valence-corrected chi connectivity index (χ0v) is 9.23. The van der Waals surface area contributed by atoms with Crippen LogP contribution >= 0.6 is 11.6 Å². The van der Waals surface area contributed by atoms with Crippen molar-refractivity contribution in [2.24, 2.45) is 0 Å². The third kappa shape index (κ3) is 1.64. The second-order valence-corrected chi connectivity index (χ2v) is 3.60. The van der Waals surface area contributed by atoms with E-state index >= 15 is 0 Å². The first-order valence-corrected chi connectivity index (χ1v) is 4.90. The first-order chi connectivity index (χ1) is 7.65. The number of rotatable bonds is 3. The number of aromatic carboxylic acids is 1. The fourth-order valence-electron chi connectivity index (χ4n) is 1.55. The topological polar surface area (TPSA) is 63.8 Å². The standard InChI is InChI=1S/C10H9ClN2O3/c1-16-5-7-8(10(14)15)13-4-2-3-6(11)9(13)12-7/h2-4H,5H2,1H3,(H,14,15). The van der Waals surface area contributed by atoms with Crippen LogP contribution in [-0.2, 0) is 11.3 Å². The molecule has 0 unspecified atom stereocenters. The van der Waals surface area contributed by atoms with Crippen LogP contribution in [0.5, 0.6) is 0 Å². The molecule has 0 aliphatic heterocycles. The minimum atomic E-state index is -1.05. The van der Waals surface area contributed by atoms with Crippen LogP contribution in [0, 0.1) is 0 Å². The molecule has 0 bridgehead atoms. The highest BCUT2D eigenvalue weighted by Crippen LogP contribution is 2.20. The monoisotopic (exact) mass is 240 g/mol. The Morgan fingerprint density at radius 1 is 1.69 bits per heavy atom. The number of fused-ring (bicyclic) bond motifs is 1. The van der Waals surface area contributed by atoms with E-state index in [4.69, 9.17) is 21.4 Å². The molecule has 0 aliphatic rings. The lowest BCUT2D eigenvalue weighted by Crippen LogP contribution is -2.05. The maximum absolute atomic E-state index is 11.1. The Morgan fingerprint density at radius 2 is 2.44 bits per heavy atom. The van der Waals surface area contributed by atoms with E-state index in [0.29, 0.717) is 16.4 Å². The second-order valence-electron chi connectivity index (χ2n) is 3.20. The molecule has 0 saturated carbocycles. The van der Waals surface area contributed by atoms with Gasteiger partial charge in [-0.1, -0.05) is 11.6 Å². The third-order valence-corrected chi connectivity index (χ3v) is 2.45. The summed E-state index contributed by atoms with van der Waals surface area (Å²) in [6.45, 7) is 0.139. The highest BCUT2D eigenvalue weighted by molar-refractivity contribution is 6.33. The maximum Gasteiger partial charge on any atom is 0.354 e. The van der Waals surface area contributed by atoms with Crippen molar-refractivity contribution in [3.8, 4) is 0 Å². The number of nitrogens with zero attached hydrogens (tertiary/aromatic N) is 2. The van der Waals surface area contributed by atoms with Crippen molar-refractivity contribution in [1.29, 1.82) is 0 Å². The largest absolute Gasteiger partial charge is 0.477 e. The van der Waals surface area contributed by atoms with Gasteiger partial charge in [0, 0.05) is 13.3 Å². The fourth-order valence-corrected chi connectivity index (χ4v) is 1.75. The Labute approximate surface area is 96.2 Å². The van der Waals surface area contributed by atoms with E-state index in [2.05, 4.69) is 4.98 Å². The Kier molecular flexibility index (Phi) is 2.80. The Balaban J connectivity index is 2.75. The third-order valence-electron chi connectivity index (χ3n) is 2.16. The molecule has 0 aromatic carbocycles. The highest BCUT2D eigenvalue weighted by atomic mass is 35.5. The first kappa shape index (κ1) is 10.9. The molecule has 6 heteroatoms. The van der Waals surface area contributed by atoms with Crippen LogP contribution < -0.4 is 0 Å². The lowest BCUT2D eigenvalue weighted by Gasteiger charge is -1.98. The molecule has 0 spiro atoms. The Hall–Kier alpha value is -1.59. The smallest absolute Gasteiger partial charge is 0.354 e. The predicted molar refractivity (Wildman–Crippen MR) is 57.9 cm³/mol. The van der Waals surface area contributed by atoms with Crippen LogP contribution in [0.25, 0.3) is 5.65 Å². The molecule has 84 valence electrons. The molecule has 0 saturated heterocycles. The summed E-state index contributed by atoms with van der Waals surface area (Å²) in [7, 11) is 1.48. The van der Waals surface area contributed by atoms with Crippen molar-refractivity contribution in [2.45, 2.75) is 6.61 Å². The lowest BCUT2D eigenvalue weighted by atomic mass is 10.3. The van der Waals surface area contributed by atoms with E-state index in [1.54, 1.807) is 18.3 Å². The van der Waals surface area contributed by atoms with Crippen molar-refractivity contribution in [3.05, 3.63) is 34.7 Å². The molecule has 0 amide bonds. The molecule has 2 aromatic rings. The molecular formula is C10H9ClN2O3. The number of ether oxygens (including phenoxy) is 1. The minimum Gasteiger partial charge on any atom is -0.477 e. The van der Waals surface area contributed by atoms with E-state index in [-0.39, 0.29) is 12.3 Å². The molecule has 0 atom stereocenters. The first-order valence-electron chi connectivity index (χ1n) is 4.53. The van der Waals surface area contributed by atoms with Crippen molar-refractivity contribution < 1.29 is 14.6 Å². The van der Waals surface area contributed by atoms with Gasteiger partial charge in [0.2, 0.25) is 0 Å². The summed E-state index contributed by atoms with van der Waals surface area (Å²) in [4.78, 5) is 15.3. The molecule has 0 fully saturated rings. The number of methoxy groups -OCH3 is 1. The molecule has 5 nitrogen and oxygen atoms in total. The van der Waals surface area contributed by atoms with Crippen molar-refractivity contribution in [1.82, 2.24) is 9.38 Å². The van der Waals surface area contributed by atoms with Crippen LogP contribution in [-0.4, -0.2) is 27.6 Å². The summed E-state index contributed by atoms with van der Waals surface area (Å²) >= 11 is 5.93. The zero-order valence-electron chi connectivity index (χ0n) is 8.48. The number of hydrogen-bond donors (Lipinski definition) is 1. The molecule has 2 heterocycles. The van der Waals surface area contributed by atoms with Gasteiger partial charge in [-0.25, -0.2) is 9.78 Å². The number of pyridine rings is 1. The molecule has 0 aliphatic carbocycles.